The van der Waals surface area contributed by atoms with Crippen molar-refractivity contribution >= 4 is 34.9 Å². The average Bonchev–Trinajstić information content (AvgIpc) is 2.59. The molecule has 0 unspecified atom stereocenters. The van der Waals surface area contributed by atoms with E-state index in [1.807, 2.05) is 0 Å². The lowest BCUT2D eigenvalue weighted by Crippen LogP contribution is -2.58. The third kappa shape index (κ3) is 2.44. The number of hydrogen-bond acceptors (Lipinski definition) is 3. The molecule has 1 aliphatic carbocycles. The highest BCUT2D eigenvalue weighted by Crippen LogP contribution is 2.38. The van der Waals surface area contributed by atoms with E-state index in [-0.39, 0.29) is 5.78 Å². The van der Waals surface area contributed by atoms with Crippen LogP contribution in [0.1, 0.15) is 38.5 Å². The molecular formula is C11H16Cl2N2O2. The number of nitrogens with one attached hydrogen (secondary N) is 1. The Balaban J connectivity index is 2.10. The highest BCUT2D eigenvalue weighted by Gasteiger charge is 2.49. The van der Waals surface area contributed by atoms with E-state index in [4.69, 9.17) is 23.2 Å². The minimum atomic E-state index is -1.09. The van der Waals surface area contributed by atoms with Crippen LogP contribution in [-0.2, 0) is 9.59 Å². The number of amides is 1. The van der Waals surface area contributed by atoms with Gasteiger partial charge >= 0.3 is 0 Å². The number of carbonyl (C=O) groups excluding carboxylic acids is 2. The standard InChI is InChI=1S/C11H16Cl2N2O2/c12-9(13)10(17)14-15-7-4-8(16)11(15)5-2-1-3-6-11/h9H,1-7H2,(H,14,17). The summed E-state index contributed by atoms with van der Waals surface area (Å²) in [5.74, 6) is -0.217. The van der Waals surface area contributed by atoms with Gasteiger partial charge in [-0.3, -0.25) is 15.0 Å². The fourth-order valence-electron chi connectivity index (χ4n) is 2.84. The summed E-state index contributed by atoms with van der Waals surface area (Å²) in [5, 5.41) is 1.76. The number of carbonyl (C=O) groups is 2. The molecule has 2 aliphatic rings. The lowest BCUT2D eigenvalue weighted by Gasteiger charge is -2.39. The highest BCUT2D eigenvalue weighted by atomic mass is 35.5. The first-order chi connectivity index (χ1) is 8.06. The van der Waals surface area contributed by atoms with Gasteiger partial charge in [-0.15, -0.1) is 0 Å². The monoisotopic (exact) mass is 278 g/mol. The van der Waals surface area contributed by atoms with Crippen LogP contribution in [0.5, 0.6) is 0 Å². The van der Waals surface area contributed by atoms with E-state index < -0.39 is 16.3 Å². The van der Waals surface area contributed by atoms with Crippen LogP contribution >= 0.6 is 23.2 Å². The molecule has 96 valence electrons. The van der Waals surface area contributed by atoms with E-state index in [9.17, 15) is 9.59 Å². The van der Waals surface area contributed by atoms with Gasteiger partial charge in [0.15, 0.2) is 10.6 Å². The maximum absolute atomic E-state index is 12.1. The summed E-state index contributed by atoms with van der Waals surface area (Å²) in [6, 6.07) is 0. The zero-order chi connectivity index (χ0) is 12.5. The number of hydrazine groups is 1. The molecule has 0 aromatic carbocycles. The first kappa shape index (κ1) is 13.1. The Hall–Kier alpha value is -0.320. The van der Waals surface area contributed by atoms with E-state index in [2.05, 4.69) is 5.43 Å². The zero-order valence-corrected chi connectivity index (χ0v) is 11.1. The quantitative estimate of drug-likeness (QED) is 0.784. The van der Waals surface area contributed by atoms with Crippen LogP contribution < -0.4 is 5.43 Å². The topological polar surface area (TPSA) is 49.4 Å². The molecule has 0 aromatic rings. The minimum absolute atomic E-state index is 0.234. The third-order valence-corrected chi connectivity index (χ3v) is 4.12. The molecule has 1 saturated heterocycles. The number of halogens is 2. The molecule has 1 N–H and O–H groups in total. The van der Waals surface area contributed by atoms with Crippen molar-refractivity contribution in [1.29, 1.82) is 0 Å². The van der Waals surface area contributed by atoms with E-state index in [1.54, 1.807) is 5.01 Å². The van der Waals surface area contributed by atoms with Crippen molar-refractivity contribution in [2.45, 2.75) is 48.9 Å². The van der Waals surface area contributed by atoms with Crippen LogP contribution in [0.2, 0.25) is 0 Å². The van der Waals surface area contributed by atoms with E-state index >= 15 is 0 Å². The first-order valence-electron chi connectivity index (χ1n) is 5.96. The molecular weight excluding hydrogens is 263 g/mol. The molecule has 0 atom stereocenters. The smallest absolute Gasteiger partial charge is 0.267 e. The van der Waals surface area contributed by atoms with Crippen molar-refractivity contribution in [2.24, 2.45) is 0 Å². The van der Waals surface area contributed by atoms with Gasteiger partial charge in [0.25, 0.3) is 5.91 Å². The van der Waals surface area contributed by atoms with Crippen LogP contribution in [0.15, 0.2) is 0 Å². The van der Waals surface area contributed by atoms with Crippen LogP contribution in [0.25, 0.3) is 0 Å². The van der Waals surface area contributed by atoms with Crippen molar-refractivity contribution < 1.29 is 9.59 Å². The molecule has 1 heterocycles. The molecule has 17 heavy (non-hydrogen) atoms. The van der Waals surface area contributed by atoms with Gasteiger partial charge in [-0.05, 0) is 12.8 Å². The summed E-state index contributed by atoms with van der Waals surface area (Å²) in [6.45, 7) is 0.561. The number of hydrogen-bond donors (Lipinski definition) is 1. The Morgan fingerprint density at radius 2 is 1.94 bits per heavy atom. The summed E-state index contributed by atoms with van der Waals surface area (Å²) in [6.07, 6.45) is 5.36. The third-order valence-electron chi connectivity index (χ3n) is 3.72. The summed E-state index contributed by atoms with van der Waals surface area (Å²) in [4.78, 5) is 22.5. The average molecular weight is 279 g/mol. The van der Waals surface area contributed by atoms with Gasteiger partial charge in [-0.2, -0.15) is 0 Å². The van der Waals surface area contributed by atoms with Crippen molar-refractivity contribution in [3.05, 3.63) is 0 Å². The molecule has 0 bridgehead atoms. The summed E-state index contributed by atoms with van der Waals surface area (Å²) < 4.78 is 0. The molecule has 1 aliphatic heterocycles. The summed E-state index contributed by atoms with van der Waals surface area (Å²) in [7, 11) is 0. The van der Waals surface area contributed by atoms with Gasteiger partial charge in [0.2, 0.25) is 0 Å². The minimum Gasteiger partial charge on any atom is -0.297 e. The van der Waals surface area contributed by atoms with E-state index in [0.29, 0.717) is 13.0 Å². The molecule has 0 aromatic heterocycles. The van der Waals surface area contributed by atoms with Crippen molar-refractivity contribution in [3.8, 4) is 0 Å². The fraction of sp³-hybridized carbons (Fsp3) is 0.818. The van der Waals surface area contributed by atoms with E-state index in [0.717, 1.165) is 32.1 Å². The van der Waals surface area contributed by atoms with Crippen LogP contribution in [0.4, 0.5) is 0 Å². The molecule has 6 heteroatoms. The zero-order valence-electron chi connectivity index (χ0n) is 9.55. The highest BCUT2D eigenvalue weighted by molar-refractivity contribution is 6.53. The molecule has 2 fully saturated rings. The van der Waals surface area contributed by atoms with Gasteiger partial charge in [-0.1, -0.05) is 42.5 Å². The number of Topliss-reactive ketones (excluding diaryl/α,β-unsaturated/α-hetero) is 1. The first-order valence-corrected chi connectivity index (χ1v) is 6.83. The van der Waals surface area contributed by atoms with Crippen LogP contribution in [-0.4, -0.2) is 33.6 Å². The Labute approximate surface area is 111 Å². The Morgan fingerprint density at radius 1 is 1.29 bits per heavy atom. The van der Waals surface area contributed by atoms with Gasteiger partial charge in [-0.25, -0.2) is 5.01 Å². The maximum Gasteiger partial charge on any atom is 0.267 e. The second-order valence-corrected chi connectivity index (χ2v) is 5.79. The van der Waals surface area contributed by atoms with E-state index in [1.165, 1.54) is 0 Å². The van der Waals surface area contributed by atoms with Crippen LogP contribution in [0.3, 0.4) is 0 Å². The second kappa shape index (κ2) is 5.12. The Morgan fingerprint density at radius 3 is 2.53 bits per heavy atom. The number of ketones is 1. The lowest BCUT2D eigenvalue weighted by molar-refractivity contribution is -0.133. The largest absolute Gasteiger partial charge is 0.297 e. The number of rotatable bonds is 2. The summed E-state index contributed by atoms with van der Waals surface area (Å²) >= 11 is 11.0. The van der Waals surface area contributed by atoms with Crippen molar-refractivity contribution in [2.75, 3.05) is 6.54 Å². The van der Waals surface area contributed by atoms with Crippen LogP contribution in [0, 0.1) is 0 Å². The predicted molar refractivity (Wildman–Crippen MR) is 65.8 cm³/mol. The second-order valence-electron chi connectivity index (χ2n) is 4.69. The van der Waals surface area contributed by atoms with Gasteiger partial charge < -0.3 is 0 Å². The molecule has 4 nitrogen and oxygen atoms in total. The number of nitrogens with zero attached hydrogens (tertiary/aromatic N) is 1. The fourth-order valence-corrected chi connectivity index (χ4v) is 2.94. The molecule has 1 amide bonds. The number of alkyl halides is 2. The van der Waals surface area contributed by atoms with Crippen molar-refractivity contribution in [1.82, 2.24) is 10.4 Å². The molecule has 1 spiro atoms. The molecule has 0 radical (unpaired) electrons. The van der Waals surface area contributed by atoms with Gasteiger partial charge in [0.1, 0.15) is 0 Å². The lowest BCUT2D eigenvalue weighted by atomic mass is 9.79. The SMILES string of the molecule is O=C(NN1CCC(=O)C12CCCCC2)C(Cl)Cl. The Kier molecular flexibility index (Phi) is 3.95. The summed E-state index contributed by atoms with van der Waals surface area (Å²) in [5.41, 5.74) is 2.19. The van der Waals surface area contributed by atoms with Gasteiger partial charge in [0, 0.05) is 13.0 Å². The predicted octanol–water partition coefficient (Wildman–Crippen LogP) is 1.80. The molecule has 1 saturated carbocycles. The van der Waals surface area contributed by atoms with Gasteiger partial charge in [0.05, 0.1) is 5.54 Å². The maximum atomic E-state index is 12.1. The Bertz CT molecular complexity index is 327. The van der Waals surface area contributed by atoms with Crippen molar-refractivity contribution in [3.63, 3.8) is 0 Å². The molecule has 2 rings (SSSR count). The normalized spacial score (nSPS) is 24.5.